The summed E-state index contributed by atoms with van der Waals surface area (Å²) in [7, 11) is -3.37. The molecule has 0 saturated carbocycles. The molecular formula is C20H16ClF3N2O4S. The second-order valence-electron chi connectivity index (χ2n) is 6.57. The fourth-order valence-electron chi connectivity index (χ4n) is 2.72. The number of anilines is 1. The van der Waals surface area contributed by atoms with Crippen LogP contribution in [0.5, 0.6) is 0 Å². The molecule has 6 nitrogen and oxygen atoms in total. The number of hydrogen-bond acceptors (Lipinski definition) is 5. The van der Waals surface area contributed by atoms with Gasteiger partial charge in [-0.05, 0) is 48.9 Å². The van der Waals surface area contributed by atoms with Gasteiger partial charge in [0.25, 0.3) is 5.91 Å². The highest BCUT2D eigenvalue weighted by Gasteiger charge is 2.31. The Kier molecular flexibility index (Phi) is 6.42. The lowest BCUT2D eigenvalue weighted by atomic mass is 10.1. The van der Waals surface area contributed by atoms with Gasteiger partial charge < -0.3 is 9.84 Å². The van der Waals surface area contributed by atoms with Crippen LogP contribution in [0.15, 0.2) is 57.9 Å². The first-order valence-corrected chi connectivity index (χ1v) is 11.0. The van der Waals surface area contributed by atoms with Crippen molar-refractivity contribution in [2.45, 2.75) is 24.4 Å². The largest absolute Gasteiger partial charge is 0.416 e. The van der Waals surface area contributed by atoms with E-state index in [1.54, 1.807) is 6.92 Å². The summed E-state index contributed by atoms with van der Waals surface area (Å²) >= 11 is 5.88. The van der Waals surface area contributed by atoms with E-state index in [0.717, 1.165) is 18.2 Å². The zero-order valence-electron chi connectivity index (χ0n) is 16.0. The molecule has 0 radical (unpaired) electrons. The molecule has 31 heavy (non-hydrogen) atoms. The van der Waals surface area contributed by atoms with Crippen LogP contribution >= 0.6 is 11.6 Å². The number of sulfone groups is 1. The van der Waals surface area contributed by atoms with Gasteiger partial charge in [0, 0.05) is 11.6 Å². The number of hydrogen-bond donors (Lipinski definition) is 1. The molecular weight excluding hydrogens is 457 g/mol. The van der Waals surface area contributed by atoms with E-state index in [1.807, 2.05) is 0 Å². The molecule has 0 saturated heterocycles. The number of carbonyl (C=O) groups excluding carboxylic acids is 1. The predicted molar refractivity (Wildman–Crippen MR) is 109 cm³/mol. The van der Waals surface area contributed by atoms with Crippen molar-refractivity contribution in [1.29, 1.82) is 0 Å². The van der Waals surface area contributed by atoms with Crippen LogP contribution in [0.3, 0.4) is 0 Å². The van der Waals surface area contributed by atoms with Crippen molar-refractivity contribution < 1.29 is 30.9 Å². The highest BCUT2D eigenvalue weighted by molar-refractivity contribution is 7.91. The molecule has 0 fully saturated rings. The fraction of sp³-hybridized carbons (Fsp3) is 0.200. The number of carbonyl (C=O) groups is 1. The number of benzene rings is 2. The molecule has 2 aromatic carbocycles. The number of nitrogens with zero attached hydrogens (tertiary/aromatic N) is 1. The minimum atomic E-state index is -4.60. The predicted octanol–water partition coefficient (Wildman–Crippen LogP) is 5.45. The van der Waals surface area contributed by atoms with Crippen molar-refractivity contribution in [2.75, 3.05) is 11.1 Å². The first-order chi connectivity index (χ1) is 14.5. The van der Waals surface area contributed by atoms with Gasteiger partial charge in [0.05, 0.1) is 26.9 Å². The Morgan fingerprint density at radius 1 is 1.13 bits per heavy atom. The zero-order valence-corrected chi connectivity index (χ0v) is 17.6. The van der Waals surface area contributed by atoms with E-state index in [0.29, 0.717) is 12.0 Å². The molecule has 1 aromatic heterocycles. The number of amides is 1. The Hall–Kier alpha value is -2.85. The molecule has 3 aromatic rings. The van der Waals surface area contributed by atoms with Crippen molar-refractivity contribution in [3.05, 3.63) is 64.8 Å². The summed E-state index contributed by atoms with van der Waals surface area (Å²) in [4.78, 5) is 12.5. The number of aromatic nitrogens is 1. The molecule has 0 unspecified atom stereocenters. The lowest BCUT2D eigenvalue weighted by molar-refractivity contribution is -0.137. The summed E-state index contributed by atoms with van der Waals surface area (Å²) in [5, 5.41) is 5.82. The minimum absolute atomic E-state index is 0.0249. The third kappa shape index (κ3) is 5.26. The second kappa shape index (κ2) is 8.72. The van der Waals surface area contributed by atoms with Crippen LogP contribution in [0.4, 0.5) is 18.9 Å². The fourth-order valence-corrected chi connectivity index (χ4v) is 4.20. The average Bonchev–Trinajstić information content (AvgIpc) is 3.19. The van der Waals surface area contributed by atoms with Gasteiger partial charge in [-0.15, -0.1) is 0 Å². The van der Waals surface area contributed by atoms with Crippen LogP contribution in [-0.2, 0) is 16.0 Å². The van der Waals surface area contributed by atoms with E-state index in [9.17, 15) is 26.4 Å². The van der Waals surface area contributed by atoms with Crippen LogP contribution in [0, 0.1) is 0 Å². The lowest BCUT2D eigenvalue weighted by Crippen LogP contribution is -2.14. The smallest absolute Gasteiger partial charge is 0.355 e. The molecule has 0 atom stereocenters. The third-order valence-corrected chi connectivity index (χ3v) is 6.52. The number of halogens is 4. The maximum atomic E-state index is 12.9. The van der Waals surface area contributed by atoms with Gasteiger partial charge in [-0.25, -0.2) is 8.42 Å². The minimum Gasteiger partial charge on any atom is -0.355 e. The number of alkyl halides is 3. The van der Waals surface area contributed by atoms with Crippen molar-refractivity contribution in [3.8, 4) is 11.3 Å². The molecule has 0 bridgehead atoms. The summed E-state index contributed by atoms with van der Waals surface area (Å²) in [6.45, 7) is 1.76. The molecule has 0 spiro atoms. The normalized spacial score (nSPS) is 12.0. The van der Waals surface area contributed by atoms with E-state index in [4.69, 9.17) is 16.1 Å². The molecule has 1 amide bonds. The molecule has 0 aliphatic rings. The highest BCUT2D eigenvalue weighted by Crippen LogP contribution is 2.34. The van der Waals surface area contributed by atoms with Gasteiger partial charge in [0.1, 0.15) is 0 Å². The highest BCUT2D eigenvalue weighted by atomic mass is 35.5. The number of rotatable bonds is 6. The topological polar surface area (TPSA) is 89.3 Å². The van der Waals surface area contributed by atoms with Crippen molar-refractivity contribution in [3.63, 3.8) is 0 Å². The molecule has 0 aliphatic heterocycles. The standard InChI is InChI=1S/C20H16ClF3N2O4S/c1-2-9-31(28,29)14-6-3-12(4-7-14)18-11-17(26-30-18)19(27)25-16-10-13(20(22,23)24)5-8-15(16)21/h3-8,10-11H,2,9H2,1H3,(H,25,27). The SMILES string of the molecule is CCCS(=O)(=O)c1ccc(-c2cc(C(=O)Nc3cc(C(F)(F)F)ccc3Cl)no2)cc1. The summed E-state index contributed by atoms with van der Waals surface area (Å²) in [6, 6.07) is 9.70. The maximum absolute atomic E-state index is 12.9. The van der Waals surface area contributed by atoms with E-state index in [-0.39, 0.29) is 32.8 Å². The van der Waals surface area contributed by atoms with Gasteiger partial charge >= 0.3 is 6.18 Å². The zero-order chi connectivity index (χ0) is 22.8. The van der Waals surface area contributed by atoms with Crippen LogP contribution in [0.2, 0.25) is 5.02 Å². The maximum Gasteiger partial charge on any atom is 0.416 e. The van der Waals surface area contributed by atoms with Crippen LogP contribution in [0.25, 0.3) is 11.3 Å². The van der Waals surface area contributed by atoms with E-state index >= 15 is 0 Å². The number of nitrogens with one attached hydrogen (secondary N) is 1. The molecule has 3 rings (SSSR count). The van der Waals surface area contributed by atoms with Gasteiger partial charge in [-0.2, -0.15) is 13.2 Å². The summed E-state index contributed by atoms with van der Waals surface area (Å²) in [5.41, 5.74) is -0.909. The Balaban J connectivity index is 1.79. The molecule has 11 heteroatoms. The van der Waals surface area contributed by atoms with Crippen LogP contribution in [0.1, 0.15) is 29.4 Å². The van der Waals surface area contributed by atoms with Gasteiger partial charge in [0.15, 0.2) is 21.3 Å². The lowest BCUT2D eigenvalue weighted by Gasteiger charge is -2.10. The molecule has 1 N–H and O–H groups in total. The first kappa shape index (κ1) is 22.8. The van der Waals surface area contributed by atoms with E-state index < -0.39 is 27.5 Å². The second-order valence-corrected chi connectivity index (χ2v) is 9.08. The van der Waals surface area contributed by atoms with Gasteiger partial charge in [-0.1, -0.05) is 23.7 Å². The quantitative estimate of drug-likeness (QED) is 0.515. The van der Waals surface area contributed by atoms with Crippen molar-refractivity contribution >= 4 is 33.0 Å². The summed E-state index contributed by atoms with van der Waals surface area (Å²) < 4.78 is 67.9. The Morgan fingerprint density at radius 3 is 2.42 bits per heavy atom. The Labute approximate surface area is 180 Å². The van der Waals surface area contributed by atoms with Crippen molar-refractivity contribution in [1.82, 2.24) is 5.16 Å². The Bertz CT molecular complexity index is 1210. The third-order valence-electron chi connectivity index (χ3n) is 4.26. The van der Waals surface area contributed by atoms with Crippen LogP contribution < -0.4 is 5.32 Å². The van der Waals surface area contributed by atoms with Gasteiger partial charge in [0.2, 0.25) is 0 Å². The molecule has 164 valence electrons. The van der Waals surface area contributed by atoms with E-state index in [1.165, 1.54) is 30.3 Å². The Morgan fingerprint density at radius 2 is 1.81 bits per heavy atom. The summed E-state index contributed by atoms with van der Waals surface area (Å²) in [6.07, 6.45) is -4.11. The van der Waals surface area contributed by atoms with Crippen molar-refractivity contribution in [2.24, 2.45) is 0 Å². The monoisotopic (exact) mass is 472 g/mol. The average molecular weight is 473 g/mol. The molecule has 0 aliphatic carbocycles. The van der Waals surface area contributed by atoms with Gasteiger partial charge in [-0.3, -0.25) is 4.79 Å². The van der Waals surface area contributed by atoms with Crippen LogP contribution in [-0.4, -0.2) is 25.2 Å². The molecule has 1 heterocycles. The summed E-state index contributed by atoms with van der Waals surface area (Å²) in [5.74, 6) is -0.616. The first-order valence-electron chi connectivity index (χ1n) is 8.99. The van der Waals surface area contributed by atoms with E-state index in [2.05, 4.69) is 10.5 Å².